The van der Waals surface area contributed by atoms with E-state index in [4.69, 9.17) is 9.26 Å². The van der Waals surface area contributed by atoms with Gasteiger partial charge in [0, 0.05) is 12.8 Å². The van der Waals surface area contributed by atoms with Crippen molar-refractivity contribution in [3.8, 4) is 0 Å². The van der Waals surface area contributed by atoms with E-state index in [1.54, 1.807) is 24.3 Å². The van der Waals surface area contributed by atoms with E-state index in [2.05, 4.69) is 33.9 Å². The first-order valence-electron chi connectivity index (χ1n) is 8.42. The molecule has 1 heterocycles. The second-order valence-corrected chi connectivity index (χ2v) is 12.9. The number of nitrogens with zero attached hydrogens (tertiary/aromatic N) is 1. The van der Waals surface area contributed by atoms with Crippen molar-refractivity contribution in [3.63, 3.8) is 0 Å². The van der Waals surface area contributed by atoms with Crippen molar-refractivity contribution >= 4 is 20.1 Å². The zero-order valence-electron chi connectivity index (χ0n) is 15.0. The van der Waals surface area contributed by atoms with Crippen LogP contribution in [0.1, 0.15) is 54.3 Å². The number of fused-ring (bicyclic) bond motifs is 1. The quantitative estimate of drug-likeness (QED) is 0.614. The molecule has 24 heavy (non-hydrogen) atoms. The molecule has 6 heteroatoms. The van der Waals surface area contributed by atoms with Crippen molar-refractivity contribution in [2.45, 2.75) is 64.0 Å². The third kappa shape index (κ3) is 2.94. The molecule has 0 unspecified atom stereocenters. The maximum Gasteiger partial charge on any atom is 0.285 e. The van der Waals surface area contributed by atoms with Crippen LogP contribution in [0.3, 0.4) is 0 Å². The summed E-state index contributed by atoms with van der Waals surface area (Å²) in [7, 11) is -1.79. The van der Waals surface area contributed by atoms with Crippen LogP contribution in [-0.4, -0.2) is 37.4 Å². The van der Waals surface area contributed by atoms with Crippen LogP contribution in [0.4, 0.5) is 0 Å². The number of hydrogen-bond acceptors (Lipinski definition) is 4. The van der Waals surface area contributed by atoms with E-state index < -0.39 is 8.32 Å². The number of imide groups is 1. The van der Waals surface area contributed by atoms with Gasteiger partial charge < -0.3 is 4.43 Å². The number of benzene rings is 1. The summed E-state index contributed by atoms with van der Waals surface area (Å²) in [6.07, 6.45) is 1.47. The molecule has 2 amide bonds. The van der Waals surface area contributed by atoms with Crippen LogP contribution in [-0.2, 0) is 9.26 Å². The molecule has 2 aliphatic rings. The Balaban J connectivity index is 1.56. The maximum atomic E-state index is 12.3. The summed E-state index contributed by atoms with van der Waals surface area (Å²) in [6, 6.07) is 6.81. The smallest absolute Gasteiger partial charge is 0.285 e. The molecule has 1 aliphatic carbocycles. The molecule has 5 nitrogen and oxygen atoms in total. The fourth-order valence-corrected chi connectivity index (χ4v) is 4.08. The minimum absolute atomic E-state index is 0.137. The molecule has 0 N–H and O–H groups in total. The summed E-state index contributed by atoms with van der Waals surface area (Å²) in [5, 5.41) is 1.08. The van der Waals surface area contributed by atoms with Gasteiger partial charge in [0.25, 0.3) is 11.8 Å². The molecule has 0 radical (unpaired) electrons. The first-order valence-corrected chi connectivity index (χ1v) is 11.3. The fourth-order valence-electron chi connectivity index (χ4n) is 2.71. The van der Waals surface area contributed by atoms with Crippen molar-refractivity contribution in [2.75, 3.05) is 0 Å². The first-order chi connectivity index (χ1) is 11.1. The molecule has 1 saturated carbocycles. The summed E-state index contributed by atoms with van der Waals surface area (Å²) < 4.78 is 6.32. The van der Waals surface area contributed by atoms with Gasteiger partial charge in [-0.25, -0.2) is 0 Å². The van der Waals surface area contributed by atoms with Crippen LogP contribution in [0.15, 0.2) is 24.3 Å². The Labute approximate surface area is 144 Å². The Morgan fingerprint density at radius 1 is 1.00 bits per heavy atom. The molecule has 0 saturated heterocycles. The van der Waals surface area contributed by atoms with E-state index in [9.17, 15) is 9.59 Å². The standard InChI is InChI=1S/C18H25NO4Si/c1-18(2,3)24(4,5)23-13-10-12(11-13)22-19-16(20)14-8-6-7-9-15(14)17(19)21/h6-9,12-13H,10-11H2,1-5H3. The van der Waals surface area contributed by atoms with E-state index in [1.807, 2.05) is 0 Å². The Kier molecular flexibility index (Phi) is 4.18. The first kappa shape index (κ1) is 17.3. The lowest BCUT2D eigenvalue weighted by Gasteiger charge is -2.44. The molecule has 1 fully saturated rings. The van der Waals surface area contributed by atoms with Crippen LogP contribution in [0.25, 0.3) is 0 Å². The summed E-state index contributed by atoms with van der Waals surface area (Å²) in [5.74, 6) is -0.742. The molecular formula is C18H25NO4Si. The van der Waals surface area contributed by atoms with Gasteiger partial charge in [0.05, 0.1) is 23.3 Å². The zero-order valence-corrected chi connectivity index (χ0v) is 16.0. The minimum atomic E-state index is -1.79. The van der Waals surface area contributed by atoms with Crippen molar-refractivity contribution in [1.82, 2.24) is 5.06 Å². The monoisotopic (exact) mass is 347 g/mol. The highest BCUT2D eigenvalue weighted by Gasteiger charge is 2.45. The van der Waals surface area contributed by atoms with E-state index in [1.165, 1.54) is 0 Å². The zero-order chi connectivity index (χ0) is 17.7. The van der Waals surface area contributed by atoms with E-state index in [-0.39, 0.29) is 29.1 Å². The van der Waals surface area contributed by atoms with Crippen molar-refractivity contribution < 1.29 is 18.9 Å². The van der Waals surface area contributed by atoms with Crippen LogP contribution in [0, 0.1) is 0 Å². The van der Waals surface area contributed by atoms with E-state index in [0.29, 0.717) is 11.1 Å². The van der Waals surface area contributed by atoms with E-state index in [0.717, 1.165) is 17.9 Å². The van der Waals surface area contributed by atoms with Crippen LogP contribution in [0.5, 0.6) is 0 Å². The number of hydroxylamine groups is 2. The molecular weight excluding hydrogens is 322 g/mol. The molecule has 0 bridgehead atoms. The van der Waals surface area contributed by atoms with E-state index >= 15 is 0 Å². The molecule has 1 aromatic rings. The van der Waals surface area contributed by atoms with Crippen LogP contribution in [0.2, 0.25) is 18.1 Å². The van der Waals surface area contributed by atoms with Crippen molar-refractivity contribution in [3.05, 3.63) is 35.4 Å². The second kappa shape index (κ2) is 5.79. The average Bonchev–Trinajstić information content (AvgIpc) is 2.69. The van der Waals surface area contributed by atoms with Gasteiger partial charge in [-0.1, -0.05) is 32.9 Å². The maximum absolute atomic E-state index is 12.3. The summed E-state index contributed by atoms with van der Waals surface area (Å²) >= 11 is 0. The lowest BCUT2D eigenvalue weighted by molar-refractivity contribution is -0.178. The number of carbonyl (C=O) groups is 2. The molecule has 1 aromatic carbocycles. The predicted octanol–water partition coefficient (Wildman–Crippen LogP) is 3.77. The number of rotatable bonds is 4. The summed E-state index contributed by atoms with van der Waals surface area (Å²) in [4.78, 5) is 30.2. The highest BCUT2D eigenvalue weighted by molar-refractivity contribution is 6.74. The van der Waals surface area contributed by atoms with Gasteiger partial charge in [-0.05, 0) is 30.3 Å². The molecule has 130 valence electrons. The van der Waals surface area contributed by atoms with Gasteiger partial charge in [0.15, 0.2) is 8.32 Å². The molecule has 1 aliphatic heterocycles. The molecule has 3 rings (SSSR count). The number of hydrogen-bond donors (Lipinski definition) is 0. The average molecular weight is 347 g/mol. The third-order valence-electron chi connectivity index (χ3n) is 5.33. The summed E-state index contributed by atoms with van der Waals surface area (Å²) in [5.41, 5.74) is 0.826. The SMILES string of the molecule is CC(C)(C)[Si](C)(C)OC1CC(ON2C(=O)c3ccccc3C2=O)C1. The molecule has 0 spiro atoms. The highest BCUT2D eigenvalue weighted by atomic mass is 28.4. The topological polar surface area (TPSA) is 55.8 Å². The normalized spacial score (nSPS) is 24.1. The van der Waals surface area contributed by atoms with Crippen LogP contribution >= 0.6 is 0 Å². The Morgan fingerprint density at radius 2 is 1.50 bits per heavy atom. The second-order valence-electron chi connectivity index (χ2n) is 8.15. The van der Waals surface area contributed by atoms with Gasteiger partial charge in [0.1, 0.15) is 0 Å². The van der Waals surface area contributed by atoms with Crippen LogP contribution < -0.4 is 0 Å². The lowest BCUT2D eigenvalue weighted by Crippen LogP contribution is -2.51. The Morgan fingerprint density at radius 3 is 1.96 bits per heavy atom. The molecule has 0 atom stereocenters. The highest BCUT2D eigenvalue weighted by Crippen LogP contribution is 2.41. The van der Waals surface area contributed by atoms with Gasteiger partial charge >= 0.3 is 0 Å². The fraction of sp³-hybridized carbons (Fsp3) is 0.556. The van der Waals surface area contributed by atoms with Gasteiger partial charge in [-0.15, -0.1) is 5.06 Å². The minimum Gasteiger partial charge on any atom is -0.414 e. The lowest BCUT2D eigenvalue weighted by atomic mass is 9.93. The largest absolute Gasteiger partial charge is 0.414 e. The number of carbonyl (C=O) groups excluding carboxylic acids is 2. The molecule has 0 aromatic heterocycles. The van der Waals surface area contributed by atoms with Gasteiger partial charge in [0.2, 0.25) is 0 Å². The summed E-state index contributed by atoms with van der Waals surface area (Å²) in [6.45, 7) is 11.1. The number of amides is 2. The van der Waals surface area contributed by atoms with Crippen molar-refractivity contribution in [2.24, 2.45) is 0 Å². The Hall–Kier alpha value is -1.50. The van der Waals surface area contributed by atoms with Gasteiger partial charge in [-0.3, -0.25) is 14.4 Å². The predicted molar refractivity (Wildman–Crippen MR) is 93.1 cm³/mol. The van der Waals surface area contributed by atoms with Crippen molar-refractivity contribution in [1.29, 1.82) is 0 Å². The Bertz CT molecular complexity index is 639. The third-order valence-corrected chi connectivity index (χ3v) is 9.87. The van der Waals surface area contributed by atoms with Gasteiger partial charge in [-0.2, -0.15) is 0 Å².